The smallest absolute Gasteiger partial charge is 0.155 e. The lowest BCUT2D eigenvalue weighted by Crippen LogP contribution is -2.09. The summed E-state index contributed by atoms with van der Waals surface area (Å²) in [5, 5.41) is 22.4. The van der Waals surface area contributed by atoms with Gasteiger partial charge in [-0.2, -0.15) is 5.10 Å². The predicted molar refractivity (Wildman–Crippen MR) is 138 cm³/mol. The number of rotatable bonds is 5. The second kappa shape index (κ2) is 8.46. The van der Waals surface area contributed by atoms with Crippen molar-refractivity contribution in [3.63, 3.8) is 0 Å². The number of nitrogens with zero attached hydrogens (tertiary/aromatic N) is 4. The van der Waals surface area contributed by atoms with E-state index in [0.717, 1.165) is 44.9 Å². The van der Waals surface area contributed by atoms with Crippen LogP contribution in [-0.2, 0) is 0 Å². The van der Waals surface area contributed by atoms with Crippen LogP contribution in [0.25, 0.3) is 55.7 Å². The third-order valence-electron chi connectivity index (χ3n) is 5.92. The Balaban J connectivity index is 1.45. The molecule has 0 aliphatic heterocycles. The molecule has 0 unspecified atom stereocenters. The van der Waals surface area contributed by atoms with Crippen molar-refractivity contribution in [2.75, 3.05) is 5.32 Å². The average Bonchev–Trinajstić information content (AvgIpc) is 3.46. The number of benzene rings is 1. The Bertz CT molecular complexity index is 1720. The van der Waals surface area contributed by atoms with Crippen molar-refractivity contribution in [2.45, 2.75) is 19.9 Å². The van der Waals surface area contributed by atoms with Gasteiger partial charge >= 0.3 is 0 Å². The fourth-order valence-electron chi connectivity index (χ4n) is 4.41. The minimum absolute atomic E-state index is 0.134. The maximum Gasteiger partial charge on any atom is 0.155 e. The van der Waals surface area contributed by atoms with E-state index < -0.39 is 5.82 Å². The SMILES string of the molecule is CC(C)Nc1cncc(-c2cnc3[nH]nc(-c4cc5c(-c6cc(O)cc(F)c6)ccnc5[nH]4)c3c2)c1. The van der Waals surface area contributed by atoms with Crippen LogP contribution < -0.4 is 5.32 Å². The molecule has 0 amide bonds. The number of hydrogen-bond donors (Lipinski definition) is 4. The first-order valence-electron chi connectivity index (χ1n) is 11.5. The molecule has 5 heterocycles. The summed E-state index contributed by atoms with van der Waals surface area (Å²) in [6.45, 7) is 4.16. The molecule has 178 valence electrons. The summed E-state index contributed by atoms with van der Waals surface area (Å²) in [6, 6.07) is 12.1. The van der Waals surface area contributed by atoms with E-state index in [2.05, 4.69) is 49.3 Å². The van der Waals surface area contributed by atoms with Crippen LogP contribution in [0.15, 0.2) is 67.3 Å². The Kier molecular flexibility index (Phi) is 5.10. The second-order valence-electron chi connectivity index (χ2n) is 8.96. The molecule has 0 saturated heterocycles. The van der Waals surface area contributed by atoms with Gasteiger partial charge in [-0.25, -0.2) is 14.4 Å². The van der Waals surface area contributed by atoms with Gasteiger partial charge in [-0.15, -0.1) is 0 Å². The highest BCUT2D eigenvalue weighted by Crippen LogP contribution is 2.35. The zero-order valence-corrected chi connectivity index (χ0v) is 19.5. The highest BCUT2D eigenvalue weighted by molar-refractivity contribution is 5.99. The van der Waals surface area contributed by atoms with Crippen LogP contribution in [0, 0.1) is 5.82 Å². The quantitative estimate of drug-likeness (QED) is 0.245. The van der Waals surface area contributed by atoms with Gasteiger partial charge in [0, 0.05) is 58.8 Å². The Morgan fingerprint density at radius 1 is 0.889 bits per heavy atom. The van der Waals surface area contributed by atoms with Crippen molar-refractivity contribution in [1.82, 2.24) is 30.1 Å². The van der Waals surface area contributed by atoms with Crippen molar-refractivity contribution in [1.29, 1.82) is 0 Å². The molecular weight excluding hydrogens is 457 g/mol. The van der Waals surface area contributed by atoms with Gasteiger partial charge in [0.2, 0.25) is 0 Å². The summed E-state index contributed by atoms with van der Waals surface area (Å²) >= 11 is 0. The highest BCUT2D eigenvalue weighted by Gasteiger charge is 2.16. The maximum absolute atomic E-state index is 14.0. The summed E-state index contributed by atoms with van der Waals surface area (Å²) < 4.78 is 14.0. The van der Waals surface area contributed by atoms with E-state index in [4.69, 9.17) is 0 Å². The molecule has 0 spiro atoms. The topological polar surface area (TPSA) is 115 Å². The van der Waals surface area contributed by atoms with Gasteiger partial charge in [0.05, 0.1) is 11.4 Å². The largest absolute Gasteiger partial charge is 0.508 e. The van der Waals surface area contributed by atoms with Crippen molar-refractivity contribution < 1.29 is 9.50 Å². The highest BCUT2D eigenvalue weighted by atomic mass is 19.1. The molecule has 0 bridgehead atoms. The molecule has 0 saturated carbocycles. The van der Waals surface area contributed by atoms with Gasteiger partial charge in [-0.1, -0.05) is 0 Å². The van der Waals surface area contributed by atoms with Gasteiger partial charge in [0.25, 0.3) is 0 Å². The standard InChI is InChI=1S/C27H22FN7O/c1-14(2)32-19-6-16(11-29-13-19)17-8-23-25(34-35-27(23)31-12-17)24-10-22-21(3-4-30-26(22)33-24)15-5-18(28)9-20(36)7-15/h3-14,32,36H,1-2H3,(H,30,33)(H,31,34,35). The van der Waals surface area contributed by atoms with Crippen LogP contribution in [-0.4, -0.2) is 41.3 Å². The van der Waals surface area contributed by atoms with E-state index in [0.29, 0.717) is 28.6 Å². The molecule has 9 heteroatoms. The number of pyridine rings is 3. The van der Waals surface area contributed by atoms with Crippen molar-refractivity contribution in [3.05, 3.63) is 73.1 Å². The van der Waals surface area contributed by atoms with E-state index in [1.165, 1.54) is 12.1 Å². The van der Waals surface area contributed by atoms with Gasteiger partial charge < -0.3 is 15.4 Å². The number of phenolic OH excluding ortho intramolecular Hbond substituents is 1. The first-order valence-corrected chi connectivity index (χ1v) is 11.5. The fraction of sp³-hybridized carbons (Fsp3) is 0.111. The number of aromatic hydroxyl groups is 1. The van der Waals surface area contributed by atoms with Crippen molar-refractivity contribution in [2.24, 2.45) is 0 Å². The minimum atomic E-state index is -0.509. The second-order valence-corrected chi connectivity index (χ2v) is 8.96. The number of fused-ring (bicyclic) bond motifs is 2. The predicted octanol–water partition coefficient (Wildman–Crippen LogP) is 5.90. The number of halogens is 1. The minimum Gasteiger partial charge on any atom is -0.508 e. The van der Waals surface area contributed by atoms with Gasteiger partial charge in [-0.05, 0) is 61.4 Å². The van der Waals surface area contributed by atoms with Crippen LogP contribution in [0.3, 0.4) is 0 Å². The Morgan fingerprint density at radius 3 is 2.58 bits per heavy atom. The third-order valence-corrected chi connectivity index (χ3v) is 5.92. The van der Waals surface area contributed by atoms with E-state index in [-0.39, 0.29) is 5.75 Å². The van der Waals surface area contributed by atoms with Crippen LogP contribution in [0.4, 0.5) is 10.1 Å². The molecule has 36 heavy (non-hydrogen) atoms. The number of phenols is 1. The lowest BCUT2D eigenvalue weighted by molar-refractivity contribution is 0.469. The molecule has 6 rings (SSSR count). The summed E-state index contributed by atoms with van der Waals surface area (Å²) in [6.07, 6.45) is 7.04. The molecule has 0 atom stereocenters. The van der Waals surface area contributed by atoms with Gasteiger partial charge in [0.15, 0.2) is 5.65 Å². The molecule has 1 aromatic carbocycles. The summed E-state index contributed by atoms with van der Waals surface area (Å²) in [5.74, 6) is -0.644. The molecule has 0 fully saturated rings. The first kappa shape index (κ1) is 21.7. The van der Waals surface area contributed by atoms with Crippen molar-refractivity contribution in [3.8, 4) is 39.4 Å². The normalized spacial score (nSPS) is 11.6. The van der Waals surface area contributed by atoms with E-state index in [1.54, 1.807) is 24.7 Å². The molecular formula is C27H22FN7O. The van der Waals surface area contributed by atoms with Gasteiger partial charge in [-0.3, -0.25) is 10.1 Å². The molecule has 0 aliphatic rings. The lowest BCUT2D eigenvalue weighted by atomic mass is 10.0. The van der Waals surface area contributed by atoms with Crippen LogP contribution in [0.2, 0.25) is 0 Å². The Morgan fingerprint density at radius 2 is 1.75 bits per heavy atom. The van der Waals surface area contributed by atoms with E-state index in [1.807, 2.05) is 24.4 Å². The van der Waals surface area contributed by atoms with Crippen LogP contribution in [0.5, 0.6) is 5.75 Å². The lowest BCUT2D eigenvalue weighted by Gasteiger charge is -2.10. The number of H-pyrrole nitrogens is 2. The maximum atomic E-state index is 14.0. The van der Waals surface area contributed by atoms with Crippen LogP contribution in [0.1, 0.15) is 13.8 Å². The molecule has 4 N–H and O–H groups in total. The molecule has 0 radical (unpaired) electrons. The summed E-state index contributed by atoms with van der Waals surface area (Å²) in [5.41, 5.74) is 6.80. The molecule has 6 aromatic rings. The fourth-order valence-corrected chi connectivity index (χ4v) is 4.41. The number of aromatic amines is 2. The molecule has 8 nitrogen and oxygen atoms in total. The zero-order valence-electron chi connectivity index (χ0n) is 19.5. The molecule has 0 aliphatic carbocycles. The zero-order chi connectivity index (χ0) is 24.8. The van der Waals surface area contributed by atoms with Crippen molar-refractivity contribution >= 4 is 27.8 Å². The third kappa shape index (κ3) is 3.90. The number of hydrogen-bond acceptors (Lipinski definition) is 6. The monoisotopic (exact) mass is 479 g/mol. The number of nitrogens with one attached hydrogen (secondary N) is 3. The summed E-state index contributed by atoms with van der Waals surface area (Å²) in [4.78, 5) is 16.7. The Hall–Kier alpha value is -4.79. The number of anilines is 1. The van der Waals surface area contributed by atoms with E-state index in [9.17, 15) is 9.50 Å². The van der Waals surface area contributed by atoms with Crippen LogP contribution >= 0.6 is 0 Å². The molecule has 5 aromatic heterocycles. The van der Waals surface area contributed by atoms with E-state index >= 15 is 0 Å². The number of aromatic nitrogens is 6. The van der Waals surface area contributed by atoms with Gasteiger partial charge in [0.1, 0.15) is 22.9 Å². The Labute approximate surface area is 205 Å². The first-order chi connectivity index (χ1) is 17.4. The summed E-state index contributed by atoms with van der Waals surface area (Å²) in [7, 11) is 0. The average molecular weight is 480 g/mol.